The van der Waals surface area contributed by atoms with Crippen molar-refractivity contribution < 1.29 is 34.1 Å². The number of nitrogens with one attached hydrogen (secondary N) is 2. The molecule has 2 atom stereocenters. The van der Waals surface area contributed by atoms with Gasteiger partial charge in [-0.2, -0.15) is 0 Å². The molecule has 9 heteroatoms. The van der Waals surface area contributed by atoms with Crippen LogP contribution >= 0.6 is 0 Å². The van der Waals surface area contributed by atoms with Crippen LogP contribution < -0.4 is 10.6 Å². The van der Waals surface area contributed by atoms with Gasteiger partial charge in [-0.15, -0.1) is 0 Å². The molecule has 0 radical (unpaired) electrons. The van der Waals surface area contributed by atoms with E-state index in [-0.39, 0.29) is 24.5 Å². The highest BCUT2D eigenvalue weighted by Crippen LogP contribution is 2.18. The molecule has 2 amide bonds. The highest BCUT2D eigenvalue weighted by molar-refractivity contribution is 5.87. The Kier molecular flexibility index (Phi) is 36.2. The summed E-state index contributed by atoms with van der Waals surface area (Å²) in [6.07, 6.45) is 44.3. The third-order valence-corrected chi connectivity index (χ3v) is 9.09. The molecular formula is C44H76N2O7. The van der Waals surface area contributed by atoms with Gasteiger partial charge in [0.1, 0.15) is 12.1 Å². The average molecular weight is 745 g/mol. The zero-order valence-corrected chi connectivity index (χ0v) is 33.5. The van der Waals surface area contributed by atoms with Crippen LogP contribution in [0.1, 0.15) is 181 Å². The summed E-state index contributed by atoms with van der Waals surface area (Å²) in [7, 11) is 0. The van der Waals surface area contributed by atoms with Crippen molar-refractivity contribution in [2.24, 2.45) is 0 Å². The smallest absolute Gasteiger partial charge is 0.328 e. The van der Waals surface area contributed by atoms with Crippen molar-refractivity contribution in [1.82, 2.24) is 10.6 Å². The number of allylic oxidation sites excluding steroid dienone is 8. The molecule has 0 aromatic heterocycles. The predicted molar refractivity (Wildman–Crippen MR) is 217 cm³/mol. The lowest BCUT2D eigenvalue weighted by Gasteiger charge is -2.18. The molecule has 0 saturated carbocycles. The maximum atomic E-state index is 12.7. The Hall–Kier alpha value is -3.20. The minimum absolute atomic E-state index is 0.0180. The fraction of sp³-hybridized carbons (Fsp3) is 0.727. The lowest BCUT2D eigenvalue weighted by molar-refractivity contribution is -0.150. The van der Waals surface area contributed by atoms with Crippen LogP contribution in [0.4, 0.5) is 0 Å². The lowest BCUT2D eigenvalue weighted by Crippen LogP contribution is -2.47. The Morgan fingerprint density at radius 2 is 1.08 bits per heavy atom. The van der Waals surface area contributed by atoms with E-state index in [1.165, 1.54) is 51.4 Å². The summed E-state index contributed by atoms with van der Waals surface area (Å²) in [5.74, 6) is -2.31. The van der Waals surface area contributed by atoms with E-state index in [1.54, 1.807) is 0 Å². The van der Waals surface area contributed by atoms with E-state index < -0.39 is 24.5 Å². The first kappa shape index (κ1) is 49.8. The molecule has 0 aliphatic carbocycles. The number of carboxylic acids is 1. The maximum absolute atomic E-state index is 12.7. The van der Waals surface area contributed by atoms with Gasteiger partial charge in [0.2, 0.25) is 11.8 Å². The number of carboxylic acid groups (broad SMARTS) is 1. The summed E-state index contributed by atoms with van der Waals surface area (Å²) in [5.41, 5.74) is 0. The number of carbonyl (C=O) groups is 4. The van der Waals surface area contributed by atoms with Gasteiger partial charge in [-0.3, -0.25) is 14.4 Å². The summed E-state index contributed by atoms with van der Waals surface area (Å²) in [5, 5.41) is 22.5. The number of aliphatic carboxylic acids is 1. The Labute approximate surface area is 322 Å². The van der Waals surface area contributed by atoms with E-state index in [2.05, 4.69) is 73.1 Å². The lowest BCUT2D eigenvalue weighted by atomic mass is 10.0. The Morgan fingerprint density at radius 3 is 1.62 bits per heavy atom. The normalized spacial score (nSPS) is 13.0. The minimum atomic E-state index is -1.38. The number of rotatable bonds is 37. The Morgan fingerprint density at radius 1 is 0.585 bits per heavy atom. The molecule has 0 aromatic carbocycles. The second-order valence-corrected chi connectivity index (χ2v) is 14.1. The summed E-state index contributed by atoms with van der Waals surface area (Å²) in [6, 6.07) is -1.38. The number of hydrogen-bond acceptors (Lipinski definition) is 6. The fourth-order valence-corrected chi connectivity index (χ4v) is 5.88. The van der Waals surface area contributed by atoms with Gasteiger partial charge < -0.3 is 25.6 Å². The number of ether oxygens (including phenoxy) is 1. The third-order valence-electron chi connectivity index (χ3n) is 9.09. The zero-order valence-electron chi connectivity index (χ0n) is 33.5. The highest BCUT2D eigenvalue weighted by atomic mass is 16.5. The Balaban J connectivity index is 4.12. The molecule has 0 spiro atoms. The number of esters is 1. The van der Waals surface area contributed by atoms with Gasteiger partial charge in [0.15, 0.2) is 0 Å². The van der Waals surface area contributed by atoms with Gasteiger partial charge in [0, 0.05) is 12.8 Å². The largest absolute Gasteiger partial charge is 0.480 e. The van der Waals surface area contributed by atoms with Gasteiger partial charge in [-0.25, -0.2) is 4.79 Å². The van der Waals surface area contributed by atoms with Crippen molar-refractivity contribution in [2.45, 2.75) is 193 Å². The van der Waals surface area contributed by atoms with E-state index >= 15 is 0 Å². The predicted octanol–water partition coefficient (Wildman–Crippen LogP) is 9.98. The zero-order chi connectivity index (χ0) is 39.0. The summed E-state index contributed by atoms with van der Waals surface area (Å²) in [6.45, 7) is 3.34. The number of aliphatic hydroxyl groups is 1. The van der Waals surface area contributed by atoms with Gasteiger partial charge >= 0.3 is 11.9 Å². The van der Waals surface area contributed by atoms with Crippen LogP contribution in [0.15, 0.2) is 48.6 Å². The second-order valence-electron chi connectivity index (χ2n) is 14.1. The standard InChI is InChI=1S/C44H76N2O7/c1-3-5-7-9-11-12-13-14-15-16-17-18-19-20-21-22-23-28-32-36-43(50)53-39(33-29-25-10-8-6-4-2)34-30-26-24-27-31-35-41(48)45-37-42(49)46-40(38-47)44(51)52/h5,7,11-12,14-15,17-18,39-40,47H,3-4,6,8-10,13,16,19-38H2,1-2H3,(H,45,48)(H,46,49)(H,51,52)/b7-5-,12-11-,15-14-,18-17-. The Bertz CT molecular complexity index is 1040. The van der Waals surface area contributed by atoms with Crippen LogP contribution in [0.3, 0.4) is 0 Å². The number of carbonyl (C=O) groups excluding carboxylic acids is 3. The average Bonchev–Trinajstić information content (AvgIpc) is 3.14. The van der Waals surface area contributed by atoms with Crippen LogP contribution in [0.25, 0.3) is 0 Å². The molecule has 0 fully saturated rings. The molecule has 0 rings (SSSR count). The summed E-state index contributed by atoms with van der Waals surface area (Å²) in [4.78, 5) is 47.4. The molecule has 0 aromatic rings. The van der Waals surface area contributed by atoms with Crippen molar-refractivity contribution >= 4 is 23.8 Å². The van der Waals surface area contributed by atoms with Crippen molar-refractivity contribution in [3.05, 3.63) is 48.6 Å². The summed E-state index contributed by atoms with van der Waals surface area (Å²) < 4.78 is 5.98. The monoisotopic (exact) mass is 745 g/mol. The van der Waals surface area contributed by atoms with Gasteiger partial charge in [0.05, 0.1) is 13.2 Å². The van der Waals surface area contributed by atoms with Crippen molar-refractivity contribution in [3.8, 4) is 0 Å². The van der Waals surface area contributed by atoms with Crippen molar-refractivity contribution in [2.75, 3.05) is 13.2 Å². The quantitative estimate of drug-likeness (QED) is 0.0282. The maximum Gasteiger partial charge on any atom is 0.328 e. The van der Waals surface area contributed by atoms with Crippen LogP contribution in [0.2, 0.25) is 0 Å². The molecule has 0 aliphatic rings. The van der Waals surface area contributed by atoms with Gasteiger partial charge in [0.25, 0.3) is 0 Å². The molecule has 0 bridgehead atoms. The van der Waals surface area contributed by atoms with Crippen molar-refractivity contribution in [3.63, 3.8) is 0 Å². The van der Waals surface area contributed by atoms with Crippen LogP contribution in [-0.2, 0) is 23.9 Å². The minimum Gasteiger partial charge on any atom is -0.480 e. The van der Waals surface area contributed by atoms with Crippen molar-refractivity contribution in [1.29, 1.82) is 0 Å². The van der Waals surface area contributed by atoms with E-state index in [1.807, 2.05) is 0 Å². The van der Waals surface area contributed by atoms with Crippen LogP contribution in [0.5, 0.6) is 0 Å². The molecular weight excluding hydrogens is 668 g/mol. The van der Waals surface area contributed by atoms with E-state index in [4.69, 9.17) is 14.9 Å². The number of aliphatic hydroxyl groups excluding tert-OH is 1. The highest BCUT2D eigenvalue weighted by Gasteiger charge is 2.19. The molecule has 2 unspecified atom stereocenters. The number of amides is 2. The molecule has 4 N–H and O–H groups in total. The molecule has 304 valence electrons. The first-order valence-corrected chi connectivity index (χ1v) is 21.0. The van der Waals surface area contributed by atoms with Gasteiger partial charge in [-0.05, 0) is 77.0 Å². The summed E-state index contributed by atoms with van der Waals surface area (Å²) >= 11 is 0. The first-order chi connectivity index (χ1) is 25.8. The fourth-order valence-electron chi connectivity index (χ4n) is 5.88. The van der Waals surface area contributed by atoms with Crippen LogP contribution in [-0.4, -0.2) is 59.3 Å². The third kappa shape index (κ3) is 35.6. The molecule has 53 heavy (non-hydrogen) atoms. The molecule has 0 heterocycles. The molecule has 9 nitrogen and oxygen atoms in total. The SMILES string of the molecule is CC/C=C\C/C=C\C/C=C\C/C=C\CCCCCCCCC(=O)OC(CCCCCCCC)CCCCCCCC(=O)NCC(=O)NC(CO)C(=O)O. The van der Waals surface area contributed by atoms with E-state index in [0.717, 1.165) is 96.3 Å². The van der Waals surface area contributed by atoms with E-state index in [9.17, 15) is 19.2 Å². The van der Waals surface area contributed by atoms with E-state index in [0.29, 0.717) is 19.3 Å². The first-order valence-electron chi connectivity index (χ1n) is 21.0. The molecule has 0 saturated heterocycles. The number of unbranched alkanes of at least 4 members (excludes halogenated alkanes) is 15. The van der Waals surface area contributed by atoms with Crippen LogP contribution in [0, 0.1) is 0 Å². The molecule has 0 aliphatic heterocycles. The number of hydrogen-bond donors (Lipinski definition) is 4. The topological polar surface area (TPSA) is 142 Å². The van der Waals surface area contributed by atoms with Gasteiger partial charge in [-0.1, -0.05) is 140 Å². The second kappa shape index (κ2) is 38.5.